The van der Waals surface area contributed by atoms with Crippen molar-refractivity contribution in [2.24, 2.45) is 5.92 Å². The fraction of sp³-hybridized carbons (Fsp3) is 0.579. The van der Waals surface area contributed by atoms with Gasteiger partial charge in [0.05, 0.1) is 6.61 Å². The summed E-state index contributed by atoms with van der Waals surface area (Å²) in [6, 6.07) is 6.51. The summed E-state index contributed by atoms with van der Waals surface area (Å²) in [5.74, 6) is 8.40. The van der Waals surface area contributed by atoms with Crippen molar-refractivity contribution in [3.63, 3.8) is 0 Å². The maximum absolute atomic E-state index is 5.73. The van der Waals surface area contributed by atoms with E-state index >= 15 is 0 Å². The van der Waals surface area contributed by atoms with E-state index in [9.17, 15) is 0 Å². The summed E-state index contributed by atoms with van der Waals surface area (Å²) in [7, 11) is 0. The standard InChI is InChI=1S/C19H28O/c1-6-9-10-15(4)16(5)19-12-11-18(20-13-7-2)14-17(19)8-3/h11-12,14-16H,6-8,13H2,1-5H3. The first-order valence-electron chi connectivity index (χ1n) is 7.87. The molecule has 0 saturated heterocycles. The lowest BCUT2D eigenvalue weighted by Gasteiger charge is -2.20. The molecule has 0 spiro atoms. The molecule has 0 aliphatic rings. The van der Waals surface area contributed by atoms with Gasteiger partial charge in [-0.1, -0.05) is 46.6 Å². The van der Waals surface area contributed by atoms with Gasteiger partial charge in [0.1, 0.15) is 5.75 Å². The highest BCUT2D eigenvalue weighted by atomic mass is 16.5. The number of hydrogen-bond acceptors (Lipinski definition) is 1. The van der Waals surface area contributed by atoms with Gasteiger partial charge < -0.3 is 4.74 Å². The van der Waals surface area contributed by atoms with Crippen molar-refractivity contribution in [3.8, 4) is 17.6 Å². The lowest BCUT2D eigenvalue weighted by atomic mass is 9.85. The zero-order valence-electron chi connectivity index (χ0n) is 13.6. The summed E-state index contributed by atoms with van der Waals surface area (Å²) in [6.07, 6.45) is 3.02. The maximum atomic E-state index is 5.73. The Hall–Kier alpha value is -1.42. The molecule has 1 aromatic rings. The molecule has 1 heteroatoms. The van der Waals surface area contributed by atoms with Gasteiger partial charge in [-0.05, 0) is 42.0 Å². The third-order valence-electron chi connectivity index (χ3n) is 3.72. The lowest BCUT2D eigenvalue weighted by Crippen LogP contribution is -2.07. The first-order chi connectivity index (χ1) is 9.63. The van der Waals surface area contributed by atoms with Crippen LogP contribution in [0.5, 0.6) is 5.75 Å². The number of aryl methyl sites for hydroxylation is 1. The molecule has 110 valence electrons. The molecule has 1 nitrogen and oxygen atoms in total. The van der Waals surface area contributed by atoms with E-state index in [2.05, 4.69) is 64.7 Å². The van der Waals surface area contributed by atoms with E-state index < -0.39 is 0 Å². The molecule has 0 aromatic heterocycles. The van der Waals surface area contributed by atoms with Crippen LogP contribution in [0.15, 0.2) is 18.2 Å². The van der Waals surface area contributed by atoms with E-state index in [1.807, 2.05) is 0 Å². The first kappa shape index (κ1) is 16.6. The van der Waals surface area contributed by atoms with Gasteiger partial charge in [-0.2, -0.15) is 0 Å². The topological polar surface area (TPSA) is 9.23 Å². The van der Waals surface area contributed by atoms with Crippen LogP contribution in [0, 0.1) is 17.8 Å². The number of ether oxygens (including phenoxy) is 1. The molecular formula is C19H28O. The average molecular weight is 272 g/mol. The fourth-order valence-corrected chi connectivity index (χ4v) is 2.30. The lowest BCUT2D eigenvalue weighted by molar-refractivity contribution is 0.317. The van der Waals surface area contributed by atoms with Gasteiger partial charge in [0, 0.05) is 12.3 Å². The first-order valence-corrected chi connectivity index (χ1v) is 7.87. The van der Waals surface area contributed by atoms with Gasteiger partial charge in [0.15, 0.2) is 0 Å². The maximum Gasteiger partial charge on any atom is 0.119 e. The summed E-state index contributed by atoms with van der Waals surface area (Å²) in [5.41, 5.74) is 2.80. The largest absolute Gasteiger partial charge is 0.494 e. The number of benzene rings is 1. The predicted molar refractivity (Wildman–Crippen MR) is 87.3 cm³/mol. The van der Waals surface area contributed by atoms with Crippen molar-refractivity contribution in [3.05, 3.63) is 29.3 Å². The molecule has 1 rings (SSSR count). The van der Waals surface area contributed by atoms with E-state index in [-0.39, 0.29) is 0 Å². The Morgan fingerprint density at radius 3 is 2.50 bits per heavy atom. The zero-order chi connectivity index (χ0) is 15.0. The highest BCUT2D eigenvalue weighted by molar-refractivity contribution is 5.38. The van der Waals surface area contributed by atoms with Gasteiger partial charge in [-0.25, -0.2) is 0 Å². The average Bonchev–Trinajstić information content (AvgIpc) is 2.49. The SMILES string of the molecule is CCC#CC(C)C(C)c1ccc(OCCC)cc1CC. The summed E-state index contributed by atoms with van der Waals surface area (Å²) < 4.78 is 5.73. The Kier molecular flexibility index (Phi) is 7.23. The number of hydrogen-bond donors (Lipinski definition) is 0. The van der Waals surface area contributed by atoms with Crippen LogP contribution in [0.25, 0.3) is 0 Å². The van der Waals surface area contributed by atoms with Crippen LogP contribution in [0.2, 0.25) is 0 Å². The van der Waals surface area contributed by atoms with Crippen molar-refractivity contribution in [2.45, 2.75) is 59.8 Å². The van der Waals surface area contributed by atoms with Crippen molar-refractivity contribution < 1.29 is 4.74 Å². The van der Waals surface area contributed by atoms with E-state index in [1.54, 1.807) is 0 Å². The second kappa shape index (κ2) is 8.69. The van der Waals surface area contributed by atoms with E-state index in [1.165, 1.54) is 11.1 Å². The minimum atomic E-state index is 0.391. The van der Waals surface area contributed by atoms with Crippen molar-refractivity contribution in [1.29, 1.82) is 0 Å². The van der Waals surface area contributed by atoms with Crippen molar-refractivity contribution >= 4 is 0 Å². The molecule has 0 aliphatic carbocycles. The number of rotatable bonds is 6. The van der Waals surface area contributed by atoms with Gasteiger partial charge in [-0.3, -0.25) is 0 Å². The molecule has 0 radical (unpaired) electrons. The Morgan fingerprint density at radius 2 is 1.90 bits per heavy atom. The third kappa shape index (κ3) is 4.60. The molecule has 0 saturated carbocycles. The quantitative estimate of drug-likeness (QED) is 0.647. The second-order valence-electron chi connectivity index (χ2n) is 5.31. The Balaban J connectivity index is 2.93. The fourth-order valence-electron chi connectivity index (χ4n) is 2.30. The highest BCUT2D eigenvalue weighted by Crippen LogP contribution is 2.30. The van der Waals surface area contributed by atoms with Crippen LogP contribution in [0.4, 0.5) is 0 Å². The smallest absolute Gasteiger partial charge is 0.119 e. The van der Waals surface area contributed by atoms with Gasteiger partial charge in [0.25, 0.3) is 0 Å². The predicted octanol–water partition coefficient (Wildman–Crippen LogP) is 5.19. The van der Waals surface area contributed by atoms with E-state index in [0.29, 0.717) is 11.8 Å². The van der Waals surface area contributed by atoms with E-state index in [4.69, 9.17) is 4.74 Å². The molecular weight excluding hydrogens is 244 g/mol. The molecule has 0 fully saturated rings. The van der Waals surface area contributed by atoms with Gasteiger partial charge in [-0.15, -0.1) is 5.92 Å². The van der Waals surface area contributed by atoms with Crippen LogP contribution in [-0.2, 0) is 6.42 Å². The zero-order valence-corrected chi connectivity index (χ0v) is 13.6. The summed E-state index contributed by atoms with van der Waals surface area (Å²) >= 11 is 0. The van der Waals surface area contributed by atoms with Crippen LogP contribution in [0.1, 0.15) is 64.5 Å². The molecule has 2 atom stereocenters. The van der Waals surface area contributed by atoms with Gasteiger partial charge in [0.2, 0.25) is 0 Å². The second-order valence-corrected chi connectivity index (χ2v) is 5.31. The molecule has 1 aromatic carbocycles. The Labute approximate surface area is 124 Å². The molecule has 20 heavy (non-hydrogen) atoms. The normalized spacial score (nSPS) is 13.2. The summed E-state index contributed by atoms with van der Waals surface area (Å²) in [5, 5.41) is 0. The van der Waals surface area contributed by atoms with Crippen LogP contribution in [-0.4, -0.2) is 6.61 Å². The molecule has 0 bridgehead atoms. The van der Waals surface area contributed by atoms with Gasteiger partial charge >= 0.3 is 0 Å². The third-order valence-corrected chi connectivity index (χ3v) is 3.72. The Bertz CT molecular complexity index is 464. The Morgan fingerprint density at radius 1 is 1.15 bits per heavy atom. The monoisotopic (exact) mass is 272 g/mol. The van der Waals surface area contributed by atoms with Crippen molar-refractivity contribution in [2.75, 3.05) is 6.61 Å². The molecule has 2 unspecified atom stereocenters. The van der Waals surface area contributed by atoms with Crippen LogP contribution < -0.4 is 4.74 Å². The molecule has 0 amide bonds. The highest BCUT2D eigenvalue weighted by Gasteiger charge is 2.15. The van der Waals surface area contributed by atoms with E-state index in [0.717, 1.165) is 31.6 Å². The minimum Gasteiger partial charge on any atom is -0.494 e. The molecule has 0 aliphatic heterocycles. The summed E-state index contributed by atoms with van der Waals surface area (Å²) in [4.78, 5) is 0. The molecule has 0 N–H and O–H groups in total. The summed E-state index contributed by atoms with van der Waals surface area (Å²) in [6.45, 7) is 11.7. The van der Waals surface area contributed by atoms with Crippen LogP contribution >= 0.6 is 0 Å². The molecule has 0 heterocycles. The van der Waals surface area contributed by atoms with Crippen LogP contribution in [0.3, 0.4) is 0 Å². The van der Waals surface area contributed by atoms with Crippen molar-refractivity contribution in [1.82, 2.24) is 0 Å². The minimum absolute atomic E-state index is 0.391.